The maximum atomic E-state index is 10.9. The first-order chi connectivity index (χ1) is 4.91. The SMILES string of the molecule is CN1CN(C(C)(C)C)OC1=O. The summed E-state index contributed by atoms with van der Waals surface area (Å²) in [6.07, 6.45) is -0.278. The molecule has 1 rings (SSSR count). The minimum absolute atomic E-state index is 0.111. The van der Waals surface area contributed by atoms with Crippen LogP contribution in [0.1, 0.15) is 20.8 Å². The minimum Gasteiger partial charge on any atom is -0.349 e. The highest BCUT2D eigenvalue weighted by Crippen LogP contribution is 2.19. The normalized spacial score (nSPS) is 20.7. The predicted molar refractivity (Wildman–Crippen MR) is 40.7 cm³/mol. The van der Waals surface area contributed by atoms with E-state index < -0.39 is 0 Å². The van der Waals surface area contributed by atoms with Gasteiger partial charge in [0.1, 0.15) is 6.67 Å². The molecule has 1 heterocycles. The van der Waals surface area contributed by atoms with E-state index in [4.69, 9.17) is 4.84 Å². The number of amides is 1. The van der Waals surface area contributed by atoms with Crippen molar-refractivity contribution in [3.63, 3.8) is 0 Å². The van der Waals surface area contributed by atoms with Crippen LogP contribution in [-0.4, -0.2) is 35.3 Å². The second-order valence-electron chi connectivity index (χ2n) is 3.75. The molecule has 11 heavy (non-hydrogen) atoms. The van der Waals surface area contributed by atoms with E-state index >= 15 is 0 Å². The Morgan fingerprint density at radius 1 is 1.45 bits per heavy atom. The summed E-state index contributed by atoms with van der Waals surface area (Å²) >= 11 is 0. The van der Waals surface area contributed by atoms with Crippen LogP contribution < -0.4 is 0 Å². The number of carbonyl (C=O) groups is 1. The maximum Gasteiger partial charge on any atom is 0.429 e. The second kappa shape index (κ2) is 2.37. The van der Waals surface area contributed by atoms with Gasteiger partial charge in [0.05, 0.1) is 5.54 Å². The molecule has 1 fully saturated rings. The molecule has 0 atom stereocenters. The molecule has 0 aromatic carbocycles. The predicted octanol–water partition coefficient (Wildman–Crippen LogP) is 1.04. The first kappa shape index (κ1) is 8.33. The third-order valence-corrected chi connectivity index (χ3v) is 1.59. The Kier molecular flexibility index (Phi) is 1.80. The zero-order valence-corrected chi connectivity index (χ0v) is 7.42. The molecular weight excluding hydrogens is 144 g/mol. The van der Waals surface area contributed by atoms with Gasteiger partial charge in [0.25, 0.3) is 0 Å². The van der Waals surface area contributed by atoms with Crippen LogP contribution >= 0.6 is 0 Å². The smallest absolute Gasteiger partial charge is 0.349 e. The lowest BCUT2D eigenvalue weighted by molar-refractivity contribution is -0.127. The quantitative estimate of drug-likeness (QED) is 0.528. The van der Waals surface area contributed by atoms with Crippen molar-refractivity contribution in [3.8, 4) is 0 Å². The molecule has 1 amide bonds. The molecule has 0 N–H and O–H groups in total. The average molecular weight is 158 g/mol. The van der Waals surface area contributed by atoms with E-state index in [-0.39, 0.29) is 11.6 Å². The van der Waals surface area contributed by atoms with Gasteiger partial charge in [-0.05, 0) is 20.8 Å². The van der Waals surface area contributed by atoms with Crippen molar-refractivity contribution < 1.29 is 9.63 Å². The van der Waals surface area contributed by atoms with E-state index in [1.807, 2.05) is 20.8 Å². The molecule has 0 spiro atoms. The topological polar surface area (TPSA) is 32.8 Å². The number of rotatable bonds is 0. The van der Waals surface area contributed by atoms with E-state index in [0.717, 1.165) is 0 Å². The first-order valence-electron chi connectivity index (χ1n) is 3.62. The van der Waals surface area contributed by atoms with Crippen LogP contribution in [0.5, 0.6) is 0 Å². The molecule has 0 aliphatic carbocycles. The van der Waals surface area contributed by atoms with Crippen LogP contribution in [-0.2, 0) is 4.84 Å². The fraction of sp³-hybridized carbons (Fsp3) is 0.857. The van der Waals surface area contributed by atoms with Crippen molar-refractivity contribution in [2.24, 2.45) is 0 Å². The van der Waals surface area contributed by atoms with Crippen LogP contribution in [0.25, 0.3) is 0 Å². The molecule has 4 nitrogen and oxygen atoms in total. The molecule has 0 saturated carbocycles. The lowest BCUT2D eigenvalue weighted by atomic mass is 10.1. The summed E-state index contributed by atoms with van der Waals surface area (Å²) in [5.41, 5.74) is -0.111. The summed E-state index contributed by atoms with van der Waals surface area (Å²) in [5.74, 6) is 0. The minimum atomic E-state index is -0.278. The highest BCUT2D eigenvalue weighted by Gasteiger charge is 2.34. The zero-order chi connectivity index (χ0) is 8.65. The molecule has 0 radical (unpaired) electrons. The Morgan fingerprint density at radius 3 is 2.18 bits per heavy atom. The lowest BCUT2D eigenvalue weighted by Gasteiger charge is -2.27. The van der Waals surface area contributed by atoms with E-state index in [9.17, 15) is 4.79 Å². The van der Waals surface area contributed by atoms with Gasteiger partial charge in [-0.25, -0.2) is 4.79 Å². The van der Waals surface area contributed by atoms with E-state index in [2.05, 4.69) is 0 Å². The Morgan fingerprint density at radius 2 is 2.00 bits per heavy atom. The highest BCUT2D eigenvalue weighted by atomic mass is 16.7. The molecule has 64 valence electrons. The highest BCUT2D eigenvalue weighted by molar-refractivity contribution is 5.68. The second-order valence-corrected chi connectivity index (χ2v) is 3.75. The molecule has 0 aromatic heterocycles. The molecule has 0 unspecified atom stereocenters. The summed E-state index contributed by atoms with van der Waals surface area (Å²) in [6.45, 7) is 6.54. The summed E-state index contributed by atoms with van der Waals surface area (Å²) in [7, 11) is 1.72. The molecule has 1 aliphatic rings. The van der Waals surface area contributed by atoms with Crippen LogP contribution in [0, 0.1) is 0 Å². The summed E-state index contributed by atoms with van der Waals surface area (Å²) in [5, 5.41) is 1.66. The Bertz CT molecular complexity index is 174. The van der Waals surface area contributed by atoms with Gasteiger partial charge in [0.15, 0.2) is 0 Å². The average Bonchev–Trinajstić information content (AvgIpc) is 2.11. The lowest BCUT2D eigenvalue weighted by Crippen LogP contribution is -2.39. The third kappa shape index (κ3) is 1.63. The van der Waals surface area contributed by atoms with Gasteiger partial charge < -0.3 is 4.84 Å². The third-order valence-electron chi connectivity index (χ3n) is 1.59. The van der Waals surface area contributed by atoms with Gasteiger partial charge in [0.2, 0.25) is 0 Å². The molecule has 0 aromatic rings. The van der Waals surface area contributed by atoms with E-state index in [0.29, 0.717) is 6.67 Å². The van der Waals surface area contributed by atoms with Gasteiger partial charge in [-0.3, -0.25) is 4.90 Å². The zero-order valence-electron chi connectivity index (χ0n) is 7.42. The van der Waals surface area contributed by atoms with Crippen LogP contribution in [0.2, 0.25) is 0 Å². The van der Waals surface area contributed by atoms with Crippen molar-refractivity contribution in [1.82, 2.24) is 9.96 Å². The summed E-state index contributed by atoms with van der Waals surface area (Å²) in [4.78, 5) is 17.4. The number of hydrogen-bond acceptors (Lipinski definition) is 3. The Balaban J connectivity index is 2.61. The summed E-state index contributed by atoms with van der Waals surface area (Å²) in [6, 6.07) is 0. The van der Waals surface area contributed by atoms with Crippen LogP contribution in [0.15, 0.2) is 0 Å². The van der Waals surface area contributed by atoms with E-state index in [1.165, 1.54) is 4.90 Å². The fourth-order valence-corrected chi connectivity index (χ4v) is 0.792. The van der Waals surface area contributed by atoms with Gasteiger partial charge in [-0.2, -0.15) is 0 Å². The largest absolute Gasteiger partial charge is 0.429 e. The van der Waals surface area contributed by atoms with Crippen LogP contribution in [0.3, 0.4) is 0 Å². The molecule has 1 aliphatic heterocycles. The van der Waals surface area contributed by atoms with Gasteiger partial charge in [-0.1, -0.05) is 0 Å². The van der Waals surface area contributed by atoms with Crippen molar-refractivity contribution >= 4 is 6.09 Å². The molecule has 0 bridgehead atoms. The Hall–Kier alpha value is -0.770. The van der Waals surface area contributed by atoms with Crippen LogP contribution in [0.4, 0.5) is 4.79 Å². The van der Waals surface area contributed by atoms with Gasteiger partial charge in [0, 0.05) is 7.05 Å². The Labute approximate surface area is 66.7 Å². The first-order valence-corrected chi connectivity index (χ1v) is 3.62. The monoisotopic (exact) mass is 158 g/mol. The van der Waals surface area contributed by atoms with Crippen molar-refractivity contribution in [2.75, 3.05) is 13.7 Å². The maximum absolute atomic E-state index is 10.9. The molecular formula is C7H14N2O2. The number of carbonyl (C=O) groups excluding carboxylic acids is 1. The van der Waals surface area contributed by atoms with Crippen molar-refractivity contribution in [2.45, 2.75) is 26.3 Å². The number of hydrogen-bond donors (Lipinski definition) is 0. The van der Waals surface area contributed by atoms with E-state index in [1.54, 1.807) is 12.1 Å². The number of hydroxylamine groups is 2. The fourth-order valence-electron chi connectivity index (χ4n) is 0.792. The molecule has 4 heteroatoms. The standard InChI is InChI=1S/C7H14N2O2/c1-7(2,3)9-5-8(4)6(10)11-9/h5H2,1-4H3. The van der Waals surface area contributed by atoms with Crippen molar-refractivity contribution in [3.05, 3.63) is 0 Å². The van der Waals surface area contributed by atoms with Gasteiger partial charge in [-0.15, -0.1) is 5.06 Å². The number of nitrogens with zero attached hydrogens (tertiary/aromatic N) is 2. The van der Waals surface area contributed by atoms with Gasteiger partial charge >= 0.3 is 6.09 Å². The molecule has 1 saturated heterocycles. The van der Waals surface area contributed by atoms with Crippen molar-refractivity contribution in [1.29, 1.82) is 0 Å². The summed E-state index contributed by atoms with van der Waals surface area (Å²) < 4.78 is 0.